The highest BCUT2D eigenvalue weighted by molar-refractivity contribution is 6.02. The highest BCUT2D eigenvalue weighted by atomic mass is 16.5. The SMILES string of the molecule is COc1ccc(/C=N/NC(=O)c2cn[nH]c2NC(C)=O)cc1. The van der Waals surface area contributed by atoms with Crippen molar-refractivity contribution in [3.05, 3.63) is 41.6 Å². The summed E-state index contributed by atoms with van der Waals surface area (Å²) in [5.41, 5.74) is 3.36. The Bertz CT molecular complexity index is 691. The monoisotopic (exact) mass is 301 g/mol. The van der Waals surface area contributed by atoms with Crippen molar-refractivity contribution in [2.45, 2.75) is 6.92 Å². The summed E-state index contributed by atoms with van der Waals surface area (Å²) in [6, 6.07) is 7.17. The van der Waals surface area contributed by atoms with Crippen LogP contribution in [0.15, 0.2) is 35.6 Å². The smallest absolute Gasteiger partial charge is 0.276 e. The predicted molar refractivity (Wildman–Crippen MR) is 80.9 cm³/mol. The Morgan fingerprint density at radius 2 is 2.05 bits per heavy atom. The van der Waals surface area contributed by atoms with Gasteiger partial charge in [0.1, 0.15) is 17.1 Å². The second kappa shape index (κ2) is 7.02. The van der Waals surface area contributed by atoms with Crippen LogP contribution in [0.4, 0.5) is 5.82 Å². The largest absolute Gasteiger partial charge is 0.497 e. The van der Waals surface area contributed by atoms with Gasteiger partial charge < -0.3 is 10.1 Å². The molecule has 0 bridgehead atoms. The minimum atomic E-state index is -0.484. The van der Waals surface area contributed by atoms with Crippen LogP contribution in [-0.2, 0) is 4.79 Å². The van der Waals surface area contributed by atoms with E-state index in [9.17, 15) is 9.59 Å². The summed E-state index contributed by atoms with van der Waals surface area (Å²) in [6.45, 7) is 1.34. The number of H-pyrrole nitrogens is 1. The van der Waals surface area contributed by atoms with E-state index in [2.05, 4.69) is 26.0 Å². The minimum absolute atomic E-state index is 0.196. The molecule has 0 fully saturated rings. The summed E-state index contributed by atoms with van der Waals surface area (Å²) in [7, 11) is 1.58. The van der Waals surface area contributed by atoms with Gasteiger partial charge in [-0.1, -0.05) is 0 Å². The first-order valence-electron chi connectivity index (χ1n) is 6.38. The normalized spacial score (nSPS) is 10.5. The number of benzene rings is 1. The lowest BCUT2D eigenvalue weighted by atomic mass is 10.2. The number of hydrazone groups is 1. The van der Waals surface area contributed by atoms with Gasteiger partial charge in [-0.15, -0.1) is 0 Å². The van der Waals surface area contributed by atoms with Crippen LogP contribution in [0.25, 0.3) is 0 Å². The van der Waals surface area contributed by atoms with Gasteiger partial charge in [0, 0.05) is 6.92 Å². The van der Waals surface area contributed by atoms with Crippen molar-refractivity contribution in [3.8, 4) is 5.75 Å². The number of rotatable bonds is 5. The topological polar surface area (TPSA) is 108 Å². The van der Waals surface area contributed by atoms with Gasteiger partial charge in [0.05, 0.1) is 19.5 Å². The average molecular weight is 301 g/mol. The summed E-state index contributed by atoms with van der Waals surface area (Å²) in [5, 5.41) is 12.6. The van der Waals surface area contributed by atoms with E-state index >= 15 is 0 Å². The van der Waals surface area contributed by atoms with Crippen molar-refractivity contribution in [1.29, 1.82) is 0 Å². The minimum Gasteiger partial charge on any atom is -0.497 e. The second-order valence-electron chi connectivity index (χ2n) is 4.31. The molecular formula is C14H15N5O3. The average Bonchev–Trinajstić information content (AvgIpc) is 2.95. The van der Waals surface area contributed by atoms with E-state index in [1.54, 1.807) is 31.4 Å². The first kappa shape index (κ1) is 15.2. The van der Waals surface area contributed by atoms with Crippen LogP contribution in [0.5, 0.6) is 5.75 Å². The predicted octanol–water partition coefficient (Wildman–Crippen LogP) is 1.14. The maximum Gasteiger partial charge on any atom is 0.276 e. The van der Waals surface area contributed by atoms with Gasteiger partial charge in [-0.05, 0) is 29.8 Å². The number of nitrogens with one attached hydrogen (secondary N) is 3. The zero-order valence-corrected chi connectivity index (χ0v) is 12.1. The number of aromatic nitrogens is 2. The lowest BCUT2D eigenvalue weighted by molar-refractivity contribution is -0.114. The molecule has 0 aliphatic rings. The van der Waals surface area contributed by atoms with Crippen LogP contribution < -0.4 is 15.5 Å². The molecule has 8 nitrogen and oxygen atoms in total. The first-order chi connectivity index (χ1) is 10.6. The van der Waals surface area contributed by atoms with Crippen molar-refractivity contribution in [2.24, 2.45) is 5.10 Å². The van der Waals surface area contributed by atoms with E-state index in [0.717, 1.165) is 11.3 Å². The summed E-state index contributed by atoms with van der Waals surface area (Å²) in [5.74, 6) is 0.173. The first-order valence-corrected chi connectivity index (χ1v) is 6.38. The van der Waals surface area contributed by atoms with Crippen molar-refractivity contribution in [2.75, 3.05) is 12.4 Å². The summed E-state index contributed by atoms with van der Waals surface area (Å²) >= 11 is 0. The zero-order valence-electron chi connectivity index (χ0n) is 12.1. The second-order valence-corrected chi connectivity index (χ2v) is 4.31. The Kier molecular flexibility index (Phi) is 4.86. The fourth-order valence-electron chi connectivity index (χ4n) is 1.65. The Labute approximate surface area is 126 Å². The molecule has 2 rings (SSSR count). The lowest BCUT2D eigenvalue weighted by Gasteiger charge is -2.02. The number of amides is 2. The van der Waals surface area contributed by atoms with E-state index in [-0.39, 0.29) is 17.3 Å². The number of anilines is 1. The van der Waals surface area contributed by atoms with Crippen molar-refractivity contribution in [3.63, 3.8) is 0 Å². The van der Waals surface area contributed by atoms with Crippen LogP contribution in [0.3, 0.4) is 0 Å². The molecule has 0 spiro atoms. The number of carbonyl (C=O) groups excluding carboxylic acids is 2. The molecule has 0 aliphatic carbocycles. The van der Waals surface area contributed by atoms with E-state index in [0.29, 0.717) is 0 Å². The molecule has 2 amide bonds. The lowest BCUT2D eigenvalue weighted by Crippen LogP contribution is -2.19. The Morgan fingerprint density at radius 3 is 2.68 bits per heavy atom. The number of hydrogen-bond acceptors (Lipinski definition) is 5. The molecule has 8 heteroatoms. The van der Waals surface area contributed by atoms with Crippen LogP contribution in [-0.4, -0.2) is 35.3 Å². The number of aromatic amines is 1. The molecule has 0 atom stereocenters. The molecular weight excluding hydrogens is 286 g/mol. The number of ether oxygens (including phenoxy) is 1. The van der Waals surface area contributed by atoms with Gasteiger partial charge >= 0.3 is 0 Å². The number of methoxy groups -OCH3 is 1. The molecule has 3 N–H and O–H groups in total. The molecule has 1 aromatic heterocycles. The maximum atomic E-state index is 11.9. The fraction of sp³-hybridized carbons (Fsp3) is 0.143. The van der Waals surface area contributed by atoms with Gasteiger partial charge in [-0.3, -0.25) is 14.7 Å². The quantitative estimate of drug-likeness (QED) is 0.568. The van der Waals surface area contributed by atoms with Gasteiger partial charge in [0.2, 0.25) is 5.91 Å². The molecule has 1 heterocycles. The third-order valence-corrected chi connectivity index (χ3v) is 2.68. The number of carbonyl (C=O) groups is 2. The van der Waals surface area contributed by atoms with Crippen molar-refractivity contribution < 1.29 is 14.3 Å². The van der Waals surface area contributed by atoms with E-state index < -0.39 is 5.91 Å². The molecule has 22 heavy (non-hydrogen) atoms. The summed E-state index contributed by atoms with van der Waals surface area (Å²) in [6.07, 6.45) is 2.80. The zero-order chi connectivity index (χ0) is 15.9. The fourth-order valence-corrected chi connectivity index (χ4v) is 1.65. The summed E-state index contributed by atoms with van der Waals surface area (Å²) < 4.78 is 5.05. The number of hydrogen-bond donors (Lipinski definition) is 3. The molecule has 0 radical (unpaired) electrons. The van der Waals surface area contributed by atoms with Crippen LogP contribution in [0, 0.1) is 0 Å². The van der Waals surface area contributed by atoms with Crippen LogP contribution in [0.1, 0.15) is 22.8 Å². The standard InChI is InChI=1S/C14H15N5O3/c1-9(20)17-13-12(8-16-18-13)14(21)19-15-7-10-3-5-11(22-2)6-4-10/h3-8H,1-2H3,(H,19,21)(H2,16,17,18,20)/b15-7+. The molecule has 0 saturated carbocycles. The summed E-state index contributed by atoms with van der Waals surface area (Å²) in [4.78, 5) is 22.9. The van der Waals surface area contributed by atoms with Crippen molar-refractivity contribution >= 4 is 23.8 Å². The van der Waals surface area contributed by atoms with E-state index in [4.69, 9.17) is 4.74 Å². The molecule has 1 aromatic carbocycles. The molecule has 0 saturated heterocycles. The third kappa shape index (κ3) is 3.92. The maximum absolute atomic E-state index is 11.9. The Balaban J connectivity index is 1.98. The Hall–Kier alpha value is -3.16. The van der Waals surface area contributed by atoms with E-state index in [1.807, 2.05) is 0 Å². The van der Waals surface area contributed by atoms with Gasteiger partial charge in [0.15, 0.2) is 0 Å². The van der Waals surface area contributed by atoms with Gasteiger partial charge in [0.25, 0.3) is 5.91 Å². The van der Waals surface area contributed by atoms with Crippen molar-refractivity contribution in [1.82, 2.24) is 15.6 Å². The van der Waals surface area contributed by atoms with E-state index in [1.165, 1.54) is 19.3 Å². The van der Waals surface area contributed by atoms with Gasteiger partial charge in [-0.2, -0.15) is 10.2 Å². The van der Waals surface area contributed by atoms with Gasteiger partial charge in [-0.25, -0.2) is 5.43 Å². The van der Waals surface area contributed by atoms with Crippen LogP contribution >= 0.6 is 0 Å². The van der Waals surface area contributed by atoms with Crippen LogP contribution in [0.2, 0.25) is 0 Å². The molecule has 114 valence electrons. The molecule has 2 aromatic rings. The molecule has 0 aliphatic heterocycles. The Morgan fingerprint density at radius 1 is 1.32 bits per heavy atom. The number of nitrogens with zero attached hydrogens (tertiary/aromatic N) is 2. The highest BCUT2D eigenvalue weighted by Crippen LogP contribution is 2.11. The highest BCUT2D eigenvalue weighted by Gasteiger charge is 2.13. The third-order valence-electron chi connectivity index (χ3n) is 2.68. The molecule has 0 unspecified atom stereocenters.